The minimum atomic E-state index is -0.177. The third-order valence-corrected chi connectivity index (χ3v) is 3.21. The predicted molar refractivity (Wildman–Crippen MR) is 84.6 cm³/mol. The number of rotatable bonds is 5. The van der Waals surface area contributed by atoms with Gasteiger partial charge in [0.1, 0.15) is 12.4 Å². The van der Waals surface area contributed by atoms with Crippen LogP contribution in [0.15, 0.2) is 42.5 Å². The highest BCUT2D eigenvalue weighted by Crippen LogP contribution is 2.16. The van der Waals surface area contributed by atoms with Gasteiger partial charge in [-0.2, -0.15) is 0 Å². The van der Waals surface area contributed by atoms with E-state index in [0.29, 0.717) is 24.4 Å². The van der Waals surface area contributed by atoms with Crippen LogP contribution in [0.5, 0.6) is 5.75 Å². The van der Waals surface area contributed by atoms with Crippen molar-refractivity contribution in [3.05, 3.63) is 59.2 Å². The van der Waals surface area contributed by atoms with Gasteiger partial charge in [-0.15, -0.1) is 0 Å². The number of ether oxygens (including phenoxy) is 1. The number of nitrogens with one attached hydrogen (secondary N) is 1. The maximum atomic E-state index is 12.0. The van der Waals surface area contributed by atoms with Crippen LogP contribution in [-0.2, 0) is 0 Å². The average Bonchev–Trinajstić information content (AvgIpc) is 2.46. The number of carbonyl (C=O) groups excluding carboxylic acids is 1. The fourth-order valence-corrected chi connectivity index (χ4v) is 2.01. The summed E-state index contributed by atoms with van der Waals surface area (Å²) in [5.41, 5.74) is 8.98. The lowest BCUT2D eigenvalue weighted by molar-refractivity contribution is 0.0948. The summed E-state index contributed by atoms with van der Waals surface area (Å²) in [6.07, 6.45) is 0. The fraction of sp³-hybridized carbons (Fsp3) is 0.235. The van der Waals surface area contributed by atoms with E-state index < -0.39 is 0 Å². The number of amides is 1. The first-order valence-electron chi connectivity index (χ1n) is 6.90. The molecule has 0 fully saturated rings. The normalized spacial score (nSPS) is 10.2. The van der Waals surface area contributed by atoms with E-state index >= 15 is 0 Å². The molecule has 3 N–H and O–H groups in total. The summed E-state index contributed by atoms with van der Waals surface area (Å²) in [6.45, 7) is 4.74. The smallest absolute Gasteiger partial charge is 0.253 e. The maximum absolute atomic E-state index is 12.0. The molecular formula is C17H20N2O2. The first-order chi connectivity index (χ1) is 10.1. The van der Waals surface area contributed by atoms with Crippen LogP contribution in [-0.4, -0.2) is 19.1 Å². The van der Waals surface area contributed by atoms with Gasteiger partial charge in [-0.05, 0) is 43.2 Å². The van der Waals surface area contributed by atoms with Crippen molar-refractivity contribution in [2.24, 2.45) is 0 Å². The molecule has 0 aliphatic carbocycles. The molecule has 0 saturated heterocycles. The summed E-state index contributed by atoms with van der Waals surface area (Å²) < 4.78 is 5.58. The summed E-state index contributed by atoms with van der Waals surface area (Å²) in [5.74, 6) is 0.628. The first-order valence-corrected chi connectivity index (χ1v) is 6.90. The molecule has 110 valence electrons. The van der Waals surface area contributed by atoms with Crippen molar-refractivity contribution in [3.63, 3.8) is 0 Å². The van der Waals surface area contributed by atoms with Crippen molar-refractivity contribution in [1.29, 1.82) is 0 Å². The van der Waals surface area contributed by atoms with Crippen LogP contribution in [0.2, 0.25) is 0 Å². The number of anilines is 1. The zero-order valence-corrected chi connectivity index (χ0v) is 12.3. The van der Waals surface area contributed by atoms with Crippen molar-refractivity contribution >= 4 is 11.6 Å². The molecule has 2 rings (SSSR count). The van der Waals surface area contributed by atoms with Gasteiger partial charge in [0.2, 0.25) is 0 Å². The third-order valence-electron chi connectivity index (χ3n) is 3.21. The zero-order valence-electron chi connectivity index (χ0n) is 12.3. The largest absolute Gasteiger partial charge is 0.492 e. The summed E-state index contributed by atoms with van der Waals surface area (Å²) in [5, 5.41) is 2.81. The lowest BCUT2D eigenvalue weighted by atomic mass is 10.1. The number of nitrogens with two attached hydrogens (primary N) is 1. The Bertz CT molecular complexity index is 638. The number of para-hydroxylation sites is 1. The van der Waals surface area contributed by atoms with Gasteiger partial charge in [-0.3, -0.25) is 4.79 Å². The molecule has 4 nitrogen and oxygen atoms in total. The van der Waals surface area contributed by atoms with E-state index in [0.717, 1.165) is 16.9 Å². The van der Waals surface area contributed by atoms with Gasteiger partial charge in [0.15, 0.2) is 0 Å². The van der Waals surface area contributed by atoms with E-state index in [2.05, 4.69) is 5.32 Å². The second kappa shape index (κ2) is 6.79. The maximum Gasteiger partial charge on any atom is 0.253 e. The summed E-state index contributed by atoms with van der Waals surface area (Å²) >= 11 is 0. The van der Waals surface area contributed by atoms with Gasteiger partial charge in [0.05, 0.1) is 12.1 Å². The van der Waals surface area contributed by atoms with E-state index in [-0.39, 0.29) is 5.91 Å². The molecule has 21 heavy (non-hydrogen) atoms. The number of carbonyl (C=O) groups is 1. The molecule has 2 aromatic carbocycles. The average molecular weight is 284 g/mol. The zero-order chi connectivity index (χ0) is 15.2. The quantitative estimate of drug-likeness (QED) is 0.655. The van der Waals surface area contributed by atoms with Crippen LogP contribution < -0.4 is 15.8 Å². The topological polar surface area (TPSA) is 64.3 Å². The SMILES string of the molecule is Cc1cccc(OCCNC(=O)c2cccc(C)c2N)c1. The van der Waals surface area contributed by atoms with E-state index in [1.807, 2.05) is 50.2 Å². The molecule has 0 atom stereocenters. The Morgan fingerprint density at radius 1 is 1.19 bits per heavy atom. The molecule has 4 heteroatoms. The molecule has 1 amide bonds. The highest BCUT2D eigenvalue weighted by atomic mass is 16.5. The predicted octanol–water partition coefficient (Wildman–Crippen LogP) is 2.69. The van der Waals surface area contributed by atoms with Crippen LogP contribution in [0.4, 0.5) is 5.69 Å². The Morgan fingerprint density at radius 2 is 1.95 bits per heavy atom. The molecule has 0 bridgehead atoms. The van der Waals surface area contributed by atoms with Gasteiger partial charge < -0.3 is 15.8 Å². The molecular weight excluding hydrogens is 264 g/mol. The Kier molecular flexibility index (Phi) is 4.82. The lowest BCUT2D eigenvalue weighted by Gasteiger charge is -2.10. The Hall–Kier alpha value is -2.49. The fourth-order valence-electron chi connectivity index (χ4n) is 2.01. The Balaban J connectivity index is 1.83. The molecule has 0 aliphatic rings. The molecule has 0 aromatic heterocycles. The standard InChI is InChI=1S/C17H20N2O2/c1-12-5-3-7-14(11-12)21-10-9-19-17(20)15-8-4-6-13(2)16(15)18/h3-8,11H,9-10,18H2,1-2H3,(H,19,20). The van der Waals surface area contributed by atoms with Crippen molar-refractivity contribution < 1.29 is 9.53 Å². The third kappa shape index (κ3) is 3.99. The van der Waals surface area contributed by atoms with Crippen molar-refractivity contribution in [3.8, 4) is 5.75 Å². The number of hydrogen-bond donors (Lipinski definition) is 2. The highest BCUT2D eigenvalue weighted by molar-refractivity contribution is 5.99. The van der Waals surface area contributed by atoms with Crippen molar-refractivity contribution in [2.45, 2.75) is 13.8 Å². The molecule has 0 heterocycles. The van der Waals surface area contributed by atoms with Gasteiger partial charge in [-0.1, -0.05) is 24.3 Å². The Labute approximate surface area is 124 Å². The first kappa shape index (κ1) is 14.9. The molecule has 0 spiro atoms. The van der Waals surface area contributed by atoms with Gasteiger partial charge in [0, 0.05) is 5.69 Å². The van der Waals surface area contributed by atoms with Gasteiger partial charge >= 0.3 is 0 Å². The van der Waals surface area contributed by atoms with Crippen LogP contribution in [0.3, 0.4) is 0 Å². The summed E-state index contributed by atoms with van der Waals surface area (Å²) in [4.78, 5) is 12.0. The molecule has 2 aromatic rings. The number of nitrogen functional groups attached to an aromatic ring is 1. The summed E-state index contributed by atoms with van der Waals surface area (Å²) in [7, 11) is 0. The molecule has 0 radical (unpaired) electrons. The van der Waals surface area contributed by atoms with Gasteiger partial charge in [-0.25, -0.2) is 0 Å². The van der Waals surface area contributed by atoms with E-state index in [1.165, 1.54) is 0 Å². The minimum absolute atomic E-state index is 0.177. The molecule has 0 saturated carbocycles. The van der Waals surface area contributed by atoms with Gasteiger partial charge in [0.25, 0.3) is 5.91 Å². The van der Waals surface area contributed by atoms with Crippen molar-refractivity contribution in [2.75, 3.05) is 18.9 Å². The second-order valence-electron chi connectivity index (χ2n) is 4.96. The van der Waals surface area contributed by atoms with Crippen LogP contribution in [0.1, 0.15) is 21.5 Å². The number of hydrogen-bond acceptors (Lipinski definition) is 3. The highest BCUT2D eigenvalue weighted by Gasteiger charge is 2.09. The van der Waals surface area contributed by atoms with Crippen LogP contribution >= 0.6 is 0 Å². The van der Waals surface area contributed by atoms with Crippen LogP contribution in [0.25, 0.3) is 0 Å². The van der Waals surface area contributed by atoms with E-state index in [9.17, 15) is 4.79 Å². The van der Waals surface area contributed by atoms with E-state index in [1.54, 1.807) is 6.07 Å². The number of benzene rings is 2. The minimum Gasteiger partial charge on any atom is -0.492 e. The van der Waals surface area contributed by atoms with Crippen molar-refractivity contribution in [1.82, 2.24) is 5.32 Å². The molecule has 0 aliphatic heterocycles. The number of aryl methyl sites for hydroxylation is 2. The monoisotopic (exact) mass is 284 g/mol. The van der Waals surface area contributed by atoms with Crippen LogP contribution in [0, 0.1) is 13.8 Å². The summed E-state index contributed by atoms with van der Waals surface area (Å²) in [6, 6.07) is 13.2. The molecule has 0 unspecified atom stereocenters. The second-order valence-corrected chi connectivity index (χ2v) is 4.96. The van der Waals surface area contributed by atoms with E-state index in [4.69, 9.17) is 10.5 Å². The Morgan fingerprint density at radius 3 is 2.71 bits per heavy atom. The lowest BCUT2D eigenvalue weighted by Crippen LogP contribution is -2.28.